The molecular weight excluding hydrogens is 454 g/mol. The monoisotopic (exact) mass is 489 g/mol. The Balaban J connectivity index is 0.00000961. The smallest absolute Gasteiger partial charge is 0.262 e. The van der Waals surface area contributed by atoms with E-state index in [0.717, 1.165) is 13.1 Å². The molecule has 0 aliphatic rings. The molecule has 1 amide bonds. The summed E-state index contributed by atoms with van der Waals surface area (Å²) in [4.78, 5) is 14.6. The van der Waals surface area contributed by atoms with Crippen molar-refractivity contribution in [2.75, 3.05) is 32.8 Å². The van der Waals surface area contributed by atoms with Crippen LogP contribution in [0.3, 0.4) is 0 Å². The van der Waals surface area contributed by atoms with E-state index in [1.165, 1.54) is 16.4 Å². The van der Waals surface area contributed by atoms with Crippen molar-refractivity contribution in [3.63, 3.8) is 0 Å². The highest BCUT2D eigenvalue weighted by atomic mass is 35.5. The number of ether oxygens (including phenoxy) is 1. The molecule has 0 bridgehead atoms. The van der Waals surface area contributed by atoms with Crippen LogP contribution in [0.4, 0.5) is 0 Å². The summed E-state index contributed by atoms with van der Waals surface area (Å²) in [6, 6.07) is 5.00. The fourth-order valence-electron chi connectivity index (χ4n) is 3.27. The van der Waals surface area contributed by atoms with Crippen LogP contribution in [-0.2, 0) is 14.8 Å². The highest BCUT2D eigenvalue weighted by Gasteiger charge is 2.37. The summed E-state index contributed by atoms with van der Waals surface area (Å²) < 4.78 is 33.6. The number of rotatable bonds is 13. The second-order valence-corrected chi connectivity index (χ2v) is 9.24. The molecule has 1 rings (SSSR count). The minimum absolute atomic E-state index is 0. The van der Waals surface area contributed by atoms with Gasteiger partial charge in [0.05, 0.1) is 4.90 Å². The zero-order valence-corrected chi connectivity index (χ0v) is 21.1. The standard InChI is InChI=1S/C22H35N3O5S.ClH/c1-6-9-17-30-19-11-13-20(14-12-19)31(28,29)25(16-10-15-24(7-2)8-3)21(18(4)5)22(26)23-27;/h11-14,18,21,27H,7-8,10,15-17H2,1-5H3,(H,23,26);1H. The van der Waals surface area contributed by atoms with Gasteiger partial charge in [-0.1, -0.05) is 33.6 Å². The molecule has 2 N–H and O–H groups in total. The topological polar surface area (TPSA) is 99.2 Å². The molecule has 0 aliphatic carbocycles. The van der Waals surface area contributed by atoms with Crippen LogP contribution in [0.5, 0.6) is 5.75 Å². The van der Waals surface area contributed by atoms with E-state index in [2.05, 4.69) is 16.7 Å². The molecule has 1 aromatic rings. The molecule has 1 unspecified atom stereocenters. The quantitative estimate of drug-likeness (QED) is 0.251. The van der Waals surface area contributed by atoms with Gasteiger partial charge in [0.2, 0.25) is 10.0 Å². The zero-order valence-electron chi connectivity index (χ0n) is 19.5. The van der Waals surface area contributed by atoms with Crippen molar-refractivity contribution in [1.29, 1.82) is 0 Å². The lowest BCUT2D eigenvalue weighted by Crippen LogP contribution is -2.52. The van der Waals surface area contributed by atoms with Gasteiger partial charge in [-0.25, -0.2) is 13.9 Å². The first-order valence-corrected chi connectivity index (χ1v) is 12.0. The number of nitrogens with one attached hydrogen (secondary N) is 1. The van der Waals surface area contributed by atoms with Gasteiger partial charge in [-0.15, -0.1) is 18.3 Å². The van der Waals surface area contributed by atoms with Gasteiger partial charge in [0.15, 0.2) is 0 Å². The van der Waals surface area contributed by atoms with Gasteiger partial charge in [-0.2, -0.15) is 4.31 Å². The van der Waals surface area contributed by atoms with Crippen molar-refractivity contribution in [1.82, 2.24) is 14.7 Å². The minimum Gasteiger partial charge on any atom is -0.481 e. The number of halogens is 1. The van der Waals surface area contributed by atoms with Gasteiger partial charge in [0.25, 0.3) is 5.91 Å². The molecule has 0 radical (unpaired) electrons. The Morgan fingerprint density at radius 3 is 2.22 bits per heavy atom. The van der Waals surface area contributed by atoms with E-state index in [0.29, 0.717) is 18.7 Å². The molecule has 32 heavy (non-hydrogen) atoms. The van der Waals surface area contributed by atoms with Crippen LogP contribution in [-0.4, -0.2) is 67.6 Å². The second-order valence-electron chi connectivity index (χ2n) is 7.35. The Bertz CT molecular complexity index is 847. The highest BCUT2D eigenvalue weighted by molar-refractivity contribution is 7.89. The summed E-state index contributed by atoms with van der Waals surface area (Å²) in [5.41, 5.74) is 1.62. The third-order valence-electron chi connectivity index (χ3n) is 4.99. The van der Waals surface area contributed by atoms with Crippen LogP contribution in [0.1, 0.15) is 41.0 Å². The first kappa shape index (κ1) is 30.2. The molecule has 10 heteroatoms. The van der Waals surface area contributed by atoms with E-state index in [1.807, 2.05) is 13.8 Å². The first-order chi connectivity index (χ1) is 14.7. The summed E-state index contributed by atoms with van der Waals surface area (Å²) >= 11 is 0. The molecule has 1 aromatic carbocycles. The van der Waals surface area contributed by atoms with E-state index >= 15 is 0 Å². The summed E-state index contributed by atoms with van der Waals surface area (Å²) in [7, 11) is -3.99. The molecule has 1 atom stereocenters. The van der Waals surface area contributed by atoms with Crippen molar-refractivity contribution < 1.29 is 23.2 Å². The second kappa shape index (κ2) is 15.1. The lowest BCUT2D eigenvalue weighted by atomic mass is 10.0. The van der Waals surface area contributed by atoms with E-state index in [9.17, 15) is 18.4 Å². The van der Waals surface area contributed by atoms with E-state index in [-0.39, 0.29) is 36.4 Å². The number of nitrogens with zero attached hydrogens (tertiary/aromatic N) is 2. The van der Waals surface area contributed by atoms with Crippen molar-refractivity contribution in [2.24, 2.45) is 5.92 Å². The van der Waals surface area contributed by atoms with Gasteiger partial charge >= 0.3 is 0 Å². The average Bonchev–Trinajstić information content (AvgIpc) is 2.75. The van der Waals surface area contributed by atoms with Gasteiger partial charge in [0, 0.05) is 6.54 Å². The van der Waals surface area contributed by atoms with Crippen LogP contribution in [0.2, 0.25) is 0 Å². The van der Waals surface area contributed by atoms with E-state index in [4.69, 9.17) is 4.74 Å². The molecule has 0 aromatic heterocycles. The number of carbonyl (C=O) groups is 1. The number of amides is 1. The normalized spacial score (nSPS) is 12.2. The Kier molecular flexibility index (Phi) is 14.2. The summed E-state index contributed by atoms with van der Waals surface area (Å²) in [6.07, 6.45) is 0.555. The van der Waals surface area contributed by atoms with E-state index in [1.54, 1.807) is 38.4 Å². The molecule has 182 valence electrons. The fraction of sp³-hybridized carbons (Fsp3) is 0.591. The van der Waals surface area contributed by atoms with Crippen molar-refractivity contribution >= 4 is 28.3 Å². The highest BCUT2D eigenvalue weighted by Crippen LogP contribution is 2.24. The Hall–Kier alpha value is -1.83. The Morgan fingerprint density at radius 1 is 1.16 bits per heavy atom. The fourth-order valence-corrected chi connectivity index (χ4v) is 5.02. The Morgan fingerprint density at radius 2 is 1.75 bits per heavy atom. The maximum absolute atomic E-state index is 13.5. The van der Waals surface area contributed by atoms with Crippen LogP contribution < -0.4 is 10.2 Å². The van der Waals surface area contributed by atoms with Crippen LogP contribution >= 0.6 is 12.4 Å². The molecular formula is C22H36ClN3O5S. The summed E-state index contributed by atoms with van der Waals surface area (Å²) in [6.45, 7) is 12.1. The lowest BCUT2D eigenvalue weighted by molar-refractivity contribution is -0.134. The number of hydrogen-bond acceptors (Lipinski definition) is 6. The number of sulfonamides is 1. The van der Waals surface area contributed by atoms with Gasteiger partial charge in [-0.05, 0) is 63.2 Å². The van der Waals surface area contributed by atoms with Crippen molar-refractivity contribution in [3.05, 3.63) is 24.3 Å². The molecule has 0 fully saturated rings. The number of hydroxylamine groups is 1. The maximum atomic E-state index is 13.5. The van der Waals surface area contributed by atoms with E-state index < -0.39 is 22.0 Å². The molecule has 8 nitrogen and oxygen atoms in total. The number of benzene rings is 1. The van der Waals surface area contributed by atoms with Crippen molar-refractivity contribution in [3.8, 4) is 17.6 Å². The molecule has 0 spiro atoms. The van der Waals surface area contributed by atoms with Gasteiger partial charge in [-0.3, -0.25) is 10.0 Å². The minimum atomic E-state index is -3.99. The molecule has 0 aliphatic heterocycles. The Labute approximate surface area is 198 Å². The first-order valence-electron chi connectivity index (χ1n) is 10.5. The number of hydrogen-bond donors (Lipinski definition) is 2. The summed E-state index contributed by atoms with van der Waals surface area (Å²) in [5, 5.41) is 9.21. The molecule has 0 saturated carbocycles. The average molecular weight is 490 g/mol. The maximum Gasteiger partial charge on any atom is 0.262 e. The molecule has 0 heterocycles. The van der Waals surface area contributed by atoms with Crippen LogP contribution in [0.25, 0.3) is 0 Å². The van der Waals surface area contributed by atoms with Gasteiger partial charge in [0.1, 0.15) is 18.4 Å². The molecule has 0 saturated heterocycles. The largest absolute Gasteiger partial charge is 0.481 e. The number of carbonyl (C=O) groups excluding carboxylic acids is 1. The predicted octanol–water partition coefficient (Wildman–Crippen LogP) is 2.76. The third-order valence-corrected chi connectivity index (χ3v) is 6.88. The van der Waals surface area contributed by atoms with Crippen LogP contribution in [0, 0.1) is 17.8 Å². The van der Waals surface area contributed by atoms with Gasteiger partial charge < -0.3 is 9.64 Å². The predicted molar refractivity (Wildman–Crippen MR) is 127 cm³/mol. The van der Waals surface area contributed by atoms with Crippen molar-refractivity contribution in [2.45, 2.75) is 52.0 Å². The summed E-state index contributed by atoms with van der Waals surface area (Å²) in [5.74, 6) is 4.91. The lowest BCUT2D eigenvalue weighted by Gasteiger charge is -2.32. The van der Waals surface area contributed by atoms with Crippen LogP contribution in [0.15, 0.2) is 29.2 Å². The third kappa shape index (κ3) is 8.60. The zero-order chi connectivity index (χ0) is 23.4. The SMILES string of the molecule is CC#CCOc1ccc(S(=O)(=O)N(CCCN(CC)CC)C(C(=O)NO)C(C)C)cc1.Cl.